The molecule has 2 aromatic heterocycles. The van der Waals surface area contributed by atoms with Crippen LogP contribution in [0.15, 0.2) is 18.5 Å². The Morgan fingerprint density at radius 1 is 1.47 bits per heavy atom. The van der Waals surface area contributed by atoms with Gasteiger partial charge in [0.05, 0.1) is 23.8 Å². The van der Waals surface area contributed by atoms with Gasteiger partial charge in [0.25, 0.3) is 0 Å². The molecule has 1 atom stereocenters. The summed E-state index contributed by atoms with van der Waals surface area (Å²) in [4.78, 5) is 4.26. The quantitative estimate of drug-likeness (QED) is 0.884. The third kappa shape index (κ3) is 2.39. The van der Waals surface area contributed by atoms with Gasteiger partial charge in [0.2, 0.25) is 0 Å². The van der Waals surface area contributed by atoms with E-state index in [1.807, 2.05) is 6.20 Å². The molecule has 1 aliphatic rings. The molecule has 0 aromatic carbocycles. The maximum Gasteiger partial charge on any atom is 0.155 e. The van der Waals surface area contributed by atoms with Gasteiger partial charge in [0, 0.05) is 17.7 Å². The molecular weight excluding hydrogens is 232 g/mol. The van der Waals surface area contributed by atoms with Crippen LogP contribution in [0.2, 0.25) is 0 Å². The van der Waals surface area contributed by atoms with Gasteiger partial charge in [-0.25, -0.2) is 9.50 Å². The first-order chi connectivity index (χ1) is 8.31. The van der Waals surface area contributed by atoms with Crippen LogP contribution in [-0.2, 0) is 6.42 Å². The molecule has 5 heteroatoms. The third-order valence-electron chi connectivity index (χ3n) is 3.09. The molecule has 0 spiro atoms. The molecule has 2 aromatic rings. The Morgan fingerprint density at radius 2 is 2.41 bits per heavy atom. The first-order valence-corrected chi connectivity index (χ1v) is 7.07. The molecule has 0 bridgehead atoms. The summed E-state index contributed by atoms with van der Waals surface area (Å²) in [6.07, 6.45) is 8.58. The van der Waals surface area contributed by atoms with Crippen molar-refractivity contribution in [1.29, 1.82) is 0 Å². The van der Waals surface area contributed by atoms with Crippen molar-refractivity contribution in [2.45, 2.75) is 30.9 Å². The molecule has 90 valence electrons. The largest absolute Gasteiger partial charge is 0.396 e. The zero-order chi connectivity index (χ0) is 11.7. The van der Waals surface area contributed by atoms with Gasteiger partial charge in [0.15, 0.2) is 5.65 Å². The van der Waals surface area contributed by atoms with E-state index in [1.165, 1.54) is 25.0 Å². The molecule has 3 rings (SSSR count). The summed E-state index contributed by atoms with van der Waals surface area (Å²) >= 11 is 2.08. The third-order valence-corrected chi connectivity index (χ3v) is 4.49. The molecule has 0 amide bonds. The van der Waals surface area contributed by atoms with Gasteiger partial charge in [-0.15, -0.1) is 0 Å². The highest BCUT2D eigenvalue weighted by atomic mass is 32.2. The average Bonchev–Trinajstić information content (AvgIpc) is 2.71. The predicted molar refractivity (Wildman–Crippen MR) is 71.2 cm³/mol. The number of nitrogens with two attached hydrogens (primary N) is 1. The van der Waals surface area contributed by atoms with Crippen LogP contribution in [0, 0.1) is 0 Å². The molecule has 1 saturated heterocycles. The summed E-state index contributed by atoms with van der Waals surface area (Å²) in [5.74, 6) is 1.29. The number of hydrogen-bond donors (Lipinski definition) is 1. The van der Waals surface area contributed by atoms with E-state index in [-0.39, 0.29) is 0 Å². The highest BCUT2D eigenvalue weighted by Crippen LogP contribution is 2.27. The normalized spacial score (nSPS) is 20.8. The van der Waals surface area contributed by atoms with Crippen LogP contribution >= 0.6 is 11.8 Å². The van der Waals surface area contributed by atoms with Crippen LogP contribution in [0.5, 0.6) is 0 Å². The molecule has 0 saturated carbocycles. The molecule has 2 N–H and O–H groups in total. The van der Waals surface area contributed by atoms with Crippen molar-refractivity contribution in [3.8, 4) is 0 Å². The minimum Gasteiger partial charge on any atom is -0.396 e. The zero-order valence-corrected chi connectivity index (χ0v) is 10.5. The topological polar surface area (TPSA) is 56.2 Å². The van der Waals surface area contributed by atoms with E-state index in [4.69, 9.17) is 5.73 Å². The minimum atomic E-state index is 0.652. The van der Waals surface area contributed by atoms with Gasteiger partial charge in [0.1, 0.15) is 0 Å². The molecule has 1 fully saturated rings. The van der Waals surface area contributed by atoms with Crippen molar-refractivity contribution >= 4 is 23.1 Å². The lowest BCUT2D eigenvalue weighted by molar-refractivity contribution is 0.652. The zero-order valence-electron chi connectivity index (χ0n) is 9.67. The molecule has 4 nitrogen and oxygen atoms in total. The summed E-state index contributed by atoms with van der Waals surface area (Å²) in [5, 5.41) is 5.26. The van der Waals surface area contributed by atoms with E-state index >= 15 is 0 Å². The van der Waals surface area contributed by atoms with E-state index in [9.17, 15) is 0 Å². The average molecular weight is 248 g/mol. The number of rotatable bonds is 2. The fraction of sp³-hybridized carbons (Fsp3) is 0.500. The number of thioether (sulfide) groups is 1. The van der Waals surface area contributed by atoms with Gasteiger partial charge in [-0.3, -0.25) is 0 Å². The lowest BCUT2D eigenvalue weighted by Crippen LogP contribution is -2.12. The van der Waals surface area contributed by atoms with Crippen LogP contribution in [0.1, 0.15) is 25.0 Å². The summed E-state index contributed by atoms with van der Waals surface area (Å²) in [6, 6.07) is 2.06. The molecule has 1 aliphatic heterocycles. The Morgan fingerprint density at radius 3 is 3.24 bits per heavy atom. The van der Waals surface area contributed by atoms with Crippen molar-refractivity contribution in [2.75, 3.05) is 11.5 Å². The number of anilines is 1. The molecule has 0 radical (unpaired) electrons. The van der Waals surface area contributed by atoms with Crippen molar-refractivity contribution in [1.82, 2.24) is 14.6 Å². The highest BCUT2D eigenvalue weighted by molar-refractivity contribution is 7.99. The Hall–Kier alpha value is -1.23. The summed E-state index contributed by atoms with van der Waals surface area (Å²) in [7, 11) is 0. The second kappa shape index (κ2) is 4.56. The molecule has 17 heavy (non-hydrogen) atoms. The second-order valence-corrected chi connectivity index (χ2v) is 5.93. The second-order valence-electron chi connectivity index (χ2n) is 4.52. The highest BCUT2D eigenvalue weighted by Gasteiger charge is 2.16. The molecule has 1 unspecified atom stereocenters. The monoisotopic (exact) mass is 248 g/mol. The Kier molecular flexibility index (Phi) is 2.93. The van der Waals surface area contributed by atoms with E-state index in [0.29, 0.717) is 5.69 Å². The van der Waals surface area contributed by atoms with E-state index < -0.39 is 0 Å². The van der Waals surface area contributed by atoms with Crippen LogP contribution in [0.4, 0.5) is 5.69 Å². The van der Waals surface area contributed by atoms with Gasteiger partial charge in [-0.05, 0) is 18.6 Å². The van der Waals surface area contributed by atoms with E-state index in [1.54, 1.807) is 10.7 Å². The van der Waals surface area contributed by atoms with E-state index in [2.05, 4.69) is 27.9 Å². The SMILES string of the molecule is Nc1cnc2cc(CC3CCCCS3)nn2c1. The first-order valence-electron chi connectivity index (χ1n) is 6.03. The lowest BCUT2D eigenvalue weighted by atomic mass is 10.1. The van der Waals surface area contributed by atoms with E-state index in [0.717, 1.165) is 23.0 Å². The summed E-state index contributed by atoms with van der Waals surface area (Å²) < 4.78 is 1.78. The maximum absolute atomic E-state index is 5.69. The number of nitrogens with zero attached hydrogens (tertiary/aromatic N) is 3. The first kappa shape index (κ1) is 10.9. The number of nitrogen functional groups attached to an aromatic ring is 1. The van der Waals surface area contributed by atoms with Crippen LogP contribution in [-0.4, -0.2) is 25.6 Å². The van der Waals surface area contributed by atoms with Gasteiger partial charge >= 0.3 is 0 Å². The molecular formula is C12H16N4S. The predicted octanol–water partition coefficient (Wildman–Crippen LogP) is 2.14. The Labute approximate surface area is 105 Å². The smallest absolute Gasteiger partial charge is 0.155 e. The standard InChI is InChI=1S/C12H16N4S/c13-9-7-14-12-6-10(15-16(12)8-9)5-11-3-1-2-4-17-11/h6-8,11H,1-5,13H2. The van der Waals surface area contributed by atoms with Gasteiger partial charge in [-0.1, -0.05) is 6.42 Å². The maximum atomic E-state index is 5.69. The number of fused-ring (bicyclic) bond motifs is 1. The lowest BCUT2D eigenvalue weighted by Gasteiger charge is -2.19. The summed E-state index contributed by atoms with van der Waals surface area (Å²) in [6.45, 7) is 0. The Balaban J connectivity index is 1.80. The number of aromatic nitrogens is 3. The van der Waals surface area contributed by atoms with Gasteiger partial charge < -0.3 is 5.73 Å². The van der Waals surface area contributed by atoms with Crippen molar-refractivity contribution in [2.24, 2.45) is 0 Å². The van der Waals surface area contributed by atoms with Crippen LogP contribution < -0.4 is 5.73 Å². The number of hydrogen-bond acceptors (Lipinski definition) is 4. The molecule has 0 aliphatic carbocycles. The van der Waals surface area contributed by atoms with Crippen molar-refractivity contribution in [3.05, 3.63) is 24.2 Å². The van der Waals surface area contributed by atoms with Crippen LogP contribution in [0.3, 0.4) is 0 Å². The fourth-order valence-corrected chi connectivity index (χ4v) is 3.57. The van der Waals surface area contributed by atoms with Gasteiger partial charge in [-0.2, -0.15) is 16.9 Å². The summed E-state index contributed by atoms with van der Waals surface area (Å²) in [5.41, 5.74) is 8.35. The van der Waals surface area contributed by atoms with Crippen LogP contribution in [0.25, 0.3) is 5.65 Å². The van der Waals surface area contributed by atoms with Crippen molar-refractivity contribution in [3.63, 3.8) is 0 Å². The molecule has 3 heterocycles. The van der Waals surface area contributed by atoms with Crippen molar-refractivity contribution < 1.29 is 0 Å². The Bertz CT molecular complexity index is 516. The fourth-order valence-electron chi connectivity index (χ4n) is 2.24. The minimum absolute atomic E-state index is 0.652.